The Kier molecular flexibility index (Phi) is 6.09. The van der Waals surface area contributed by atoms with Crippen LogP contribution in [0.1, 0.15) is 16.7 Å². The Labute approximate surface area is 164 Å². The molecule has 1 aliphatic rings. The molecule has 1 saturated heterocycles. The lowest BCUT2D eigenvalue weighted by Crippen LogP contribution is -2.46. The van der Waals surface area contributed by atoms with Crippen molar-refractivity contribution in [1.29, 1.82) is 0 Å². The topological polar surface area (TPSA) is 24.9 Å². The van der Waals surface area contributed by atoms with E-state index in [1.54, 1.807) is 14.2 Å². The fourth-order valence-electron chi connectivity index (χ4n) is 3.51. The molecule has 0 radical (unpaired) electrons. The van der Waals surface area contributed by atoms with Gasteiger partial charge in [-0.1, -0.05) is 12.1 Å². The lowest BCUT2D eigenvalue weighted by molar-refractivity contribution is 0.245. The molecule has 1 aliphatic heterocycles. The standard InChI is InChI=1S/C21H27BrN2O2/c1-15-6-5-7-19(16(15)2)24-10-8-23(9-11-24)14-17-12-18(22)21(26-4)13-20(17)25-3/h5-7,12-13H,8-11,14H2,1-4H3. The van der Waals surface area contributed by atoms with Gasteiger partial charge in [0.05, 0.1) is 18.7 Å². The average molecular weight is 419 g/mol. The molecule has 0 aliphatic carbocycles. The van der Waals surface area contributed by atoms with Crippen LogP contribution in [0.25, 0.3) is 0 Å². The number of nitrogens with zero attached hydrogens (tertiary/aromatic N) is 2. The zero-order valence-electron chi connectivity index (χ0n) is 16.0. The summed E-state index contributed by atoms with van der Waals surface area (Å²) in [5.74, 6) is 1.67. The second kappa shape index (κ2) is 8.31. The molecule has 0 saturated carbocycles. The van der Waals surface area contributed by atoms with E-state index < -0.39 is 0 Å². The Morgan fingerprint density at radius 3 is 2.31 bits per heavy atom. The molecular weight excluding hydrogens is 392 g/mol. The Balaban J connectivity index is 1.68. The normalized spacial score (nSPS) is 15.2. The van der Waals surface area contributed by atoms with E-state index in [0.717, 1.165) is 48.7 Å². The molecule has 2 aromatic rings. The lowest BCUT2D eigenvalue weighted by Gasteiger charge is -2.37. The number of rotatable bonds is 5. The fourth-order valence-corrected chi connectivity index (χ4v) is 4.06. The van der Waals surface area contributed by atoms with Crippen molar-refractivity contribution in [2.24, 2.45) is 0 Å². The smallest absolute Gasteiger partial charge is 0.136 e. The first-order valence-corrected chi connectivity index (χ1v) is 9.76. The van der Waals surface area contributed by atoms with Crippen LogP contribution >= 0.6 is 15.9 Å². The van der Waals surface area contributed by atoms with E-state index >= 15 is 0 Å². The summed E-state index contributed by atoms with van der Waals surface area (Å²) in [7, 11) is 3.39. The van der Waals surface area contributed by atoms with Crippen molar-refractivity contribution >= 4 is 21.6 Å². The van der Waals surface area contributed by atoms with E-state index in [0.29, 0.717) is 0 Å². The maximum atomic E-state index is 5.57. The molecule has 0 spiro atoms. The number of piperazine rings is 1. The Morgan fingerprint density at radius 2 is 1.65 bits per heavy atom. The second-order valence-corrected chi connectivity index (χ2v) is 7.64. The minimum atomic E-state index is 0.797. The van der Waals surface area contributed by atoms with Gasteiger partial charge in [-0.2, -0.15) is 0 Å². The first-order chi connectivity index (χ1) is 12.5. The molecule has 1 fully saturated rings. The Bertz CT molecular complexity index is 771. The van der Waals surface area contributed by atoms with Crippen molar-refractivity contribution in [2.75, 3.05) is 45.3 Å². The maximum Gasteiger partial charge on any atom is 0.136 e. The van der Waals surface area contributed by atoms with Gasteiger partial charge in [0.1, 0.15) is 11.5 Å². The molecule has 0 bridgehead atoms. The van der Waals surface area contributed by atoms with Crippen molar-refractivity contribution in [2.45, 2.75) is 20.4 Å². The summed E-state index contributed by atoms with van der Waals surface area (Å²) in [6, 6.07) is 10.6. The highest BCUT2D eigenvalue weighted by Crippen LogP contribution is 2.34. The van der Waals surface area contributed by atoms with Gasteiger partial charge >= 0.3 is 0 Å². The first kappa shape index (κ1) is 19.1. The van der Waals surface area contributed by atoms with Gasteiger partial charge < -0.3 is 14.4 Å². The second-order valence-electron chi connectivity index (χ2n) is 6.78. The molecule has 1 heterocycles. The number of methoxy groups -OCH3 is 2. The van der Waals surface area contributed by atoms with Crippen LogP contribution in [0.15, 0.2) is 34.8 Å². The van der Waals surface area contributed by atoms with Gasteiger partial charge in [-0.05, 0) is 53.0 Å². The summed E-state index contributed by atoms with van der Waals surface area (Å²) >= 11 is 3.58. The molecule has 0 amide bonds. The van der Waals surface area contributed by atoms with Gasteiger partial charge in [0.25, 0.3) is 0 Å². The number of hydrogen-bond acceptors (Lipinski definition) is 4. The molecule has 0 N–H and O–H groups in total. The Morgan fingerprint density at radius 1 is 0.962 bits per heavy atom. The predicted octanol–water partition coefficient (Wildman–Crippen LogP) is 4.41. The third-order valence-corrected chi connectivity index (χ3v) is 5.86. The van der Waals surface area contributed by atoms with E-state index in [4.69, 9.17) is 9.47 Å². The van der Waals surface area contributed by atoms with Crippen LogP contribution in [0.4, 0.5) is 5.69 Å². The van der Waals surface area contributed by atoms with E-state index in [9.17, 15) is 0 Å². The zero-order valence-corrected chi connectivity index (χ0v) is 17.6. The van der Waals surface area contributed by atoms with Crippen LogP contribution in [0.2, 0.25) is 0 Å². The largest absolute Gasteiger partial charge is 0.496 e. The monoisotopic (exact) mass is 418 g/mol. The van der Waals surface area contributed by atoms with Crippen LogP contribution in [-0.4, -0.2) is 45.3 Å². The number of halogens is 1. The maximum absolute atomic E-state index is 5.57. The first-order valence-electron chi connectivity index (χ1n) is 8.97. The molecule has 26 heavy (non-hydrogen) atoms. The number of aryl methyl sites for hydroxylation is 1. The van der Waals surface area contributed by atoms with Crippen LogP contribution in [-0.2, 0) is 6.54 Å². The molecule has 2 aromatic carbocycles. The van der Waals surface area contributed by atoms with Gasteiger partial charge in [0.15, 0.2) is 0 Å². The van der Waals surface area contributed by atoms with Crippen molar-refractivity contribution in [1.82, 2.24) is 4.90 Å². The highest BCUT2D eigenvalue weighted by atomic mass is 79.9. The molecule has 4 nitrogen and oxygen atoms in total. The van der Waals surface area contributed by atoms with Crippen molar-refractivity contribution in [3.63, 3.8) is 0 Å². The number of hydrogen-bond donors (Lipinski definition) is 0. The molecule has 0 atom stereocenters. The molecule has 0 unspecified atom stereocenters. The van der Waals surface area contributed by atoms with Gasteiger partial charge in [-0.25, -0.2) is 0 Å². The van der Waals surface area contributed by atoms with E-state index in [-0.39, 0.29) is 0 Å². The zero-order chi connectivity index (χ0) is 18.7. The lowest BCUT2D eigenvalue weighted by atomic mass is 10.1. The van der Waals surface area contributed by atoms with Crippen LogP contribution in [0, 0.1) is 13.8 Å². The minimum absolute atomic E-state index is 0.797. The molecule has 0 aromatic heterocycles. The third-order valence-electron chi connectivity index (χ3n) is 5.24. The predicted molar refractivity (Wildman–Crippen MR) is 111 cm³/mol. The molecule has 3 rings (SSSR count). The van der Waals surface area contributed by atoms with Crippen LogP contribution in [0.3, 0.4) is 0 Å². The summed E-state index contributed by atoms with van der Waals surface area (Å²) in [6.07, 6.45) is 0. The number of benzene rings is 2. The molecular formula is C21H27BrN2O2. The molecule has 140 valence electrons. The summed E-state index contributed by atoms with van der Waals surface area (Å²) in [5.41, 5.74) is 5.30. The van der Waals surface area contributed by atoms with Gasteiger partial charge in [-0.15, -0.1) is 0 Å². The minimum Gasteiger partial charge on any atom is -0.496 e. The van der Waals surface area contributed by atoms with Gasteiger partial charge in [0.2, 0.25) is 0 Å². The summed E-state index contributed by atoms with van der Waals surface area (Å²) in [5, 5.41) is 0. The van der Waals surface area contributed by atoms with Crippen molar-refractivity contribution in [3.05, 3.63) is 51.5 Å². The molecule has 5 heteroatoms. The van der Waals surface area contributed by atoms with Crippen molar-refractivity contribution < 1.29 is 9.47 Å². The number of ether oxygens (including phenoxy) is 2. The fraction of sp³-hybridized carbons (Fsp3) is 0.429. The van der Waals surface area contributed by atoms with E-state index in [1.807, 2.05) is 6.07 Å². The van der Waals surface area contributed by atoms with Crippen LogP contribution < -0.4 is 14.4 Å². The highest BCUT2D eigenvalue weighted by Gasteiger charge is 2.20. The van der Waals surface area contributed by atoms with E-state index in [2.05, 4.69) is 63.8 Å². The summed E-state index contributed by atoms with van der Waals surface area (Å²) in [4.78, 5) is 4.98. The van der Waals surface area contributed by atoms with Gasteiger partial charge in [0, 0.05) is 50.0 Å². The number of anilines is 1. The highest BCUT2D eigenvalue weighted by molar-refractivity contribution is 9.10. The SMILES string of the molecule is COc1cc(OC)c(CN2CCN(c3cccc(C)c3C)CC2)cc1Br. The summed E-state index contributed by atoms with van der Waals surface area (Å²) < 4.78 is 11.9. The third kappa shape index (κ3) is 3.99. The van der Waals surface area contributed by atoms with E-state index in [1.165, 1.54) is 22.4 Å². The van der Waals surface area contributed by atoms with Gasteiger partial charge in [-0.3, -0.25) is 4.90 Å². The van der Waals surface area contributed by atoms with Crippen molar-refractivity contribution in [3.8, 4) is 11.5 Å². The Hall–Kier alpha value is -1.72. The average Bonchev–Trinajstić information content (AvgIpc) is 2.65. The summed E-state index contributed by atoms with van der Waals surface area (Å²) in [6.45, 7) is 9.46. The quantitative estimate of drug-likeness (QED) is 0.717. The van der Waals surface area contributed by atoms with Crippen LogP contribution in [0.5, 0.6) is 11.5 Å².